The number of H-pyrrole nitrogens is 1. The molecule has 0 aliphatic rings. The van der Waals surface area contributed by atoms with E-state index in [1.54, 1.807) is 0 Å². The molecule has 0 unspecified atom stereocenters. The Morgan fingerprint density at radius 2 is 2.57 bits per heavy atom. The van der Waals surface area contributed by atoms with Gasteiger partial charge in [0.15, 0.2) is 0 Å². The summed E-state index contributed by atoms with van der Waals surface area (Å²) in [5.74, 6) is 0. The fourth-order valence-electron chi connectivity index (χ4n) is 0.523. The van der Waals surface area contributed by atoms with Crippen LogP contribution in [0, 0.1) is 0 Å². The molecule has 4 N–H and O–H groups in total. The fraction of sp³-hybridized carbons (Fsp3) is 0.200. The Labute approximate surface area is 42.3 Å². The number of hydrogen-bond acceptors (Lipinski definition) is 0. The quantitative estimate of drug-likeness (QED) is 0.485. The molecule has 0 fully saturated rings. The monoisotopic (exact) mass is 97.1 g/mol. The molecule has 0 aliphatic carbocycles. The van der Waals surface area contributed by atoms with Gasteiger partial charge in [0, 0.05) is 6.20 Å². The van der Waals surface area contributed by atoms with Crippen molar-refractivity contribution in [2.75, 3.05) is 0 Å². The van der Waals surface area contributed by atoms with Gasteiger partial charge in [0.1, 0.15) is 6.54 Å². The summed E-state index contributed by atoms with van der Waals surface area (Å²) in [5, 5.41) is 0. The standard InChI is InChI=1S/C5H8N2/c6-4-5-2-1-3-7-5/h1-3,7H,4,6H2/p+1. The highest BCUT2D eigenvalue weighted by atomic mass is 14.7. The van der Waals surface area contributed by atoms with Crippen LogP contribution in [0.25, 0.3) is 0 Å². The van der Waals surface area contributed by atoms with Gasteiger partial charge in [0.05, 0.1) is 5.69 Å². The smallest absolute Gasteiger partial charge is 0.115 e. The Kier molecular flexibility index (Phi) is 1.13. The second-order valence-corrected chi connectivity index (χ2v) is 1.45. The summed E-state index contributed by atoms with van der Waals surface area (Å²) in [6.45, 7) is 0.854. The van der Waals surface area contributed by atoms with Crippen LogP contribution in [0.5, 0.6) is 0 Å². The maximum absolute atomic E-state index is 3.70. The normalized spacial score (nSPS) is 9.29. The largest absolute Gasteiger partial charge is 0.360 e. The summed E-state index contributed by atoms with van der Waals surface area (Å²) in [6, 6.07) is 3.99. The highest BCUT2D eigenvalue weighted by molar-refractivity contribution is 5.00. The Bertz CT molecular complexity index is 121. The molecule has 1 heterocycles. The van der Waals surface area contributed by atoms with Crippen molar-refractivity contribution in [1.82, 2.24) is 4.98 Å². The molecule has 2 heteroatoms. The van der Waals surface area contributed by atoms with Crippen molar-refractivity contribution in [1.29, 1.82) is 0 Å². The van der Waals surface area contributed by atoms with Crippen molar-refractivity contribution >= 4 is 0 Å². The van der Waals surface area contributed by atoms with E-state index in [9.17, 15) is 0 Å². The topological polar surface area (TPSA) is 43.4 Å². The van der Waals surface area contributed by atoms with Crippen molar-refractivity contribution in [3.05, 3.63) is 24.0 Å². The average Bonchev–Trinajstić information content (AvgIpc) is 2.14. The molecular weight excluding hydrogens is 88.1 g/mol. The molecule has 1 aromatic heterocycles. The zero-order valence-electron chi connectivity index (χ0n) is 4.15. The van der Waals surface area contributed by atoms with Gasteiger partial charge in [0.2, 0.25) is 0 Å². The van der Waals surface area contributed by atoms with Crippen molar-refractivity contribution < 1.29 is 5.73 Å². The molecule has 0 aromatic carbocycles. The van der Waals surface area contributed by atoms with Crippen molar-refractivity contribution in [2.45, 2.75) is 6.54 Å². The maximum Gasteiger partial charge on any atom is 0.115 e. The number of hydrogen-bond donors (Lipinski definition) is 2. The molecule has 0 aliphatic heterocycles. The molecule has 2 nitrogen and oxygen atoms in total. The summed E-state index contributed by atoms with van der Waals surface area (Å²) < 4.78 is 0. The van der Waals surface area contributed by atoms with Crippen LogP contribution in [0.15, 0.2) is 18.3 Å². The molecule has 0 bridgehead atoms. The molecule has 0 saturated heterocycles. The highest BCUT2D eigenvalue weighted by Gasteiger charge is 1.84. The van der Waals surface area contributed by atoms with Crippen molar-refractivity contribution in [3.8, 4) is 0 Å². The van der Waals surface area contributed by atoms with Gasteiger partial charge in [-0.2, -0.15) is 0 Å². The summed E-state index contributed by atoms with van der Waals surface area (Å²) in [6.07, 6.45) is 1.90. The van der Waals surface area contributed by atoms with Gasteiger partial charge >= 0.3 is 0 Å². The first-order valence-corrected chi connectivity index (χ1v) is 2.35. The first-order chi connectivity index (χ1) is 3.43. The minimum Gasteiger partial charge on any atom is -0.360 e. The molecule has 38 valence electrons. The third-order valence-electron chi connectivity index (χ3n) is 0.932. The number of aromatic amines is 1. The minimum atomic E-state index is 0.854. The molecular formula is C5H9N2+. The summed E-state index contributed by atoms with van der Waals surface area (Å²) in [7, 11) is 0. The molecule has 0 spiro atoms. The lowest BCUT2D eigenvalue weighted by atomic mass is 10.4. The molecule has 0 atom stereocenters. The van der Waals surface area contributed by atoms with E-state index in [2.05, 4.69) is 10.7 Å². The first kappa shape index (κ1) is 4.40. The van der Waals surface area contributed by atoms with Gasteiger partial charge in [-0.05, 0) is 12.1 Å². The second-order valence-electron chi connectivity index (χ2n) is 1.45. The van der Waals surface area contributed by atoms with E-state index < -0.39 is 0 Å². The lowest BCUT2D eigenvalue weighted by Gasteiger charge is -1.78. The van der Waals surface area contributed by atoms with Crippen LogP contribution < -0.4 is 5.73 Å². The zero-order chi connectivity index (χ0) is 5.11. The van der Waals surface area contributed by atoms with Crippen molar-refractivity contribution in [2.24, 2.45) is 0 Å². The Morgan fingerprint density at radius 1 is 1.71 bits per heavy atom. The Balaban J connectivity index is 2.76. The molecule has 1 aromatic rings. The zero-order valence-corrected chi connectivity index (χ0v) is 4.15. The predicted molar refractivity (Wildman–Crippen MR) is 27.4 cm³/mol. The molecule has 7 heavy (non-hydrogen) atoms. The van der Waals surface area contributed by atoms with E-state index in [4.69, 9.17) is 0 Å². The number of rotatable bonds is 1. The van der Waals surface area contributed by atoms with Crippen LogP contribution in [0.2, 0.25) is 0 Å². The number of aromatic nitrogens is 1. The third-order valence-corrected chi connectivity index (χ3v) is 0.932. The predicted octanol–water partition coefficient (Wildman–Crippen LogP) is -0.243. The molecule has 1 rings (SSSR count). The van der Waals surface area contributed by atoms with Gasteiger partial charge in [-0.1, -0.05) is 0 Å². The number of nitrogens with one attached hydrogen (secondary N) is 1. The van der Waals surface area contributed by atoms with Gasteiger partial charge in [-0.3, -0.25) is 0 Å². The van der Waals surface area contributed by atoms with Gasteiger partial charge in [0.25, 0.3) is 0 Å². The van der Waals surface area contributed by atoms with Crippen LogP contribution in [-0.4, -0.2) is 4.98 Å². The van der Waals surface area contributed by atoms with Crippen molar-refractivity contribution in [3.63, 3.8) is 0 Å². The van der Waals surface area contributed by atoms with Crippen LogP contribution in [0.4, 0.5) is 0 Å². The number of quaternary nitrogens is 1. The van der Waals surface area contributed by atoms with Gasteiger partial charge < -0.3 is 10.7 Å². The maximum atomic E-state index is 3.70. The van der Waals surface area contributed by atoms with Gasteiger partial charge in [-0.15, -0.1) is 0 Å². The van der Waals surface area contributed by atoms with E-state index in [-0.39, 0.29) is 0 Å². The van der Waals surface area contributed by atoms with E-state index in [0.29, 0.717) is 0 Å². The van der Waals surface area contributed by atoms with Crippen LogP contribution >= 0.6 is 0 Å². The van der Waals surface area contributed by atoms with E-state index in [1.807, 2.05) is 18.3 Å². The second kappa shape index (κ2) is 1.80. The Morgan fingerprint density at radius 3 is 2.86 bits per heavy atom. The minimum absolute atomic E-state index is 0.854. The van der Waals surface area contributed by atoms with Crippen LogP contribution in [0.1, 0.15) is 5.69 Å². The molecule has 0 amide bonds. The SMILES string of the molecule is [NH3+]Cc1ccc[nH]1. The summed E-state index contributed by atoms with van der Waals surface area (Å²) >= 11 is 0. The summed E-state index contributed by atoms with van der Waals surface area (Å²) in [4.78, 5) is 3.02. The van der Waals surface area contributed by atoms with E-state index >= 15 is 0 Å². The summed E-state index contributed by atoms with van der Waals surface area (Å²) in [5.41, 5.74) is 4.89. The van der Waals surface area contributed by atoms with E-state index in [1.165, 1.54) is 5.69 Å². The fourth-order valence-corrected chi connectivity index (χ4v) is 0.523. The first-order valence-electron chi connectivity index (χ1n) is 2.35. The van der Waals surface area contributed by atoms with E-state index in [0.717, 1.165) is 6.54 Å². The highest BCUT2D eigenvalue weighted by Crippen LogP contribution is 1.87. The average molecular weight is 97.1 g/mol. The van der Waals surface area contributed by atoms with Crippen LogP contribution in [-0.2, 0) is 6.54 Å². The molecule has 0 radical (unpaired) electrons. The Hall–Kier alpha value is -0.760. The third kappa shape index (κ3) is 0.810. The lowest BCUT2D eigenvalue weighted by Crippen LogP contribution is -2.47. The van der Waals surface area contributed by atoms with Crippen LogP contribution in [0.3, 0.4) is 0 Å². The molecule has 0 saturated carbocycles. The lowest BCUT2D eigenvalue weighted by molar-refractivity contribution is -0.387. The van der Waals surface area contributed by atoms with Gasteiger partial charge in [-0.25, -0.2) is 0 Å².